The molecule has 0 aromatic carbocycles. The molecule has 0 aliphatic carbocycles. The summed E-state index contributed by atoms with van der Waals surface area (Å²) in [4.78, 5) is 6.92. The van der Waals surface area contributed by atoms with E-state index in [0.29, 0.717) is 12.0 Å². The lowest BCUT2D eigenvalue weighted by atomic mass is 10.1. The van der Waals surface area contributed by atoms with Crippen molar-refractivity contribution in [1.82, 2.24) is 9.88 Å². The van der Waals surface area contributed by atoms with E-state index >= 15 is 0 Å². The van der Waals surface area contributed by atoms with Crippen LogP contribution in [0.1, 0.15) is 40.2 Å². The normalized spacial score (nSPS) is 11.6. The summed E-state index contributed by atoms with van der Waals surface area (Å²) in [5.41, 5.74) is 1.29. The highest BCUT2D eigenvalue weighted by Gasteiger charge is 2.13. The Kier molecular flexibility index (Phi) is 6.13. The Labute approximate surface area is 112 Å². The minimum atomic E-state index is 0.557. The average Bonchev–Trinajstić information content (AvgIpc) is 2.30. The molecular weight excluding hydrogens is 222 g/mol. The Morgan fingerprint density at radius 2 is 2.00 bits per heavy atom. The average molecular weight is 249 g/mol. The van der Waals surface area contributed by atoms with Crippen molar-refractivity contribution >= 4 is 5.82 Å². The van der Waals surface area contributed by atoms with Gasteiger partial charge in [0, 0.05) is 37.4 Å². The number of rotatable bonds is 7. The quantitative estimate of drug-likeness (QED) is 0.803. The molecule has 0 saturated heterocycles. The second kappa shape index (κ2) is 7.37. The molecule has 0 aliphatic rings. The first kappa shape index (κ1) is 15.0. The van der Waals surface area contributed by atoms with Crippen LogP contribution in [0.15, 0.2) is 18.3 Å². The summed E-state index contributed by atoms with van der Waals surface area (Å²) in [7, 11) is 0. The van der Waals surface area contributed by atoms with Crippen molar-refractivity contribution in [3.63, 3.8) is 0 Å². The molecule has 0 atom stereocenters. The molecule has 0 unspecified atom stereocenters. The summed E-state index contributed by atoms with van der Waals surface area (Å²) in [6.45, 7) is 14.2. The highest BCUT2D eigenvalue weighted by Crippen LogP contribution is 2.16. The monoisotopic (exact) mass is 249 g/mol. The van der Waals surface area contributed by atoms with Gasteiger partial charge < -0.3 is 5.32 Å². The highest BCUT2D eigenvalue weighted by atomic mass is 15.1. The topological polar surface area (TPSA) is 28.2 Å². The molecule has 0 radical (unpaired) electrons. The molecule has 0 saturated carbocycles. The number of hydrogen-bond acceptors (Lipinski definition) is 3. The molecule has 0 fully saturated rings. The van der Waals surface area contributed by atoms with E-state index < -0.39 is 0 Å². The molecule has 3 heteroatoms. The van der Waals surface area contributed by atoms with E-state index in [1.165, 1.54) is 5.56 Å². The maximum absolute atomic E-state index is 4.42. The Morgan fingerprint density at radius 1 is 1.28 bits per heavy atom. The Balaban J connectivity index is 2.79. The molecule has 1 rings (SSSR count). The van der Waals surface area contributed by atoms with Crippen molar-refractivity contribution in [3.05, 3.63) is 23.9 Å². The molecular formula is C15H27N3. The van der Waals surface area contributed by atoms with E-state index in [1.54, 1.807) is 0 Å². The highest BCUT2D eigenvalue weighted by molar-refractivity contribution is 5.43. The predicted octanol–water partition coefficient (Wildman–Crippen LogP) is 3.38. The van der Waals surface area contributed by atoms with Crippen LogP contribution < -0.4 is 5.32 Å². The van der Waals surface area contributed by atoms with E-state index in [-0.39, 0.29) is 0 Å². The molecule has 1 aromatic rings. The number of anilines is 1. The van der Waals surface area contributed by atoms with Crippen molar-refractivity contribution in [2.75, 3.05) is 18.4 Å². The van der Waals surface area contributed by atoms with Crippen LogP contribution >= 0.6 is 0 Å². The number of pyridine rings is 1. The third kappa shape index (κ3) is 4.65. The van der Waals surface area contributed by atoms with E-state index in [0.717, 1.165) is 25.5 Å². The predicted molar refractivity (Wildman–Crippen MR) is 78.8 cm³/mol. The number of aromatic nitrogens is 1. The van der Waals surface area contributed by atoms with Crippen LogP contribution in [-0.2, 0) is 6.54 Å². The third-order valence-corrected chi connectivity index (χ3v) is 2.94. The van der Waals surface area contributed by atoms with Crippen molar-refractivity contribution in [3.8, 4) is 0 Å². The van der Waals surface area contributed by atoms with Gasteiger partial charge in [0.1, 0.15) is 5.82 Å². The zero-order valence-electron chi connectivity index (χ0n) is 12.4. The van der Waals surface area contributed by atoms with Gasteiger partial charge in [-0.25, -0.2) is 4.98 Å². The Bertz CT molecular complexity index is 347. The molecule has 0 bridgehead atoms. The summed E-state index contributed by atoms with van der Waals surface area (Å²) >= 11 is 0. The molecule has 0 spiro atoms. The zero-order valence-corrected chi connectivity index (χ0v) is 12.4. The van der Waals surface area contributed by atoms with Gasteiger partial charge in [0.2, 0.25) is 0 Å². The number of nitrogens with one attached hydrogen (secondary N) is 1. The Morgan fingerprint density at radius 3 is 2.56 bits per heavy atom. The zero-order chi connectivity index (χ0) is 13.5. The SMILES string of the molecule is CCNc1ncccc1CN(CC(C)C)C(C)C. The lowest BCUT2D eigenvalue weighted by Crippen LogP contribution is -2.33. The molecule has 1 N–H and O–H groups in total. The van der Waals surface area contributed by atoms with Gasteiger partial charge in [0.15, 0.2) is 0 Å². The van der Waals surface area contributed by atoms with E-state index in [1.807, 2.05) is 12.3 Å². The lowest BCUT2D eigenvalue weighted by molar-refractivity contribution is 0.189. The fourth-order valence-electron chi connectivity index (χ4n) is 2.04. The molecule has 102 valence electrons. The van der Waals surface area contributed by atoms with Crippen LogP contribution in [0.25, 0.3) is 0 Å². The van der Waals surface area contributed by atoms with Gasteiger partial charge in [-0.1, -0.05) is 19.9 Å². The van der Waals surface area contributed by atoms with E-state index in [4.69, 9.17) is 0 Å². The fraction of sp³-hybridized carbons (Fsp3) is 0.667. The second-order valence-corrected chi connectivity index (χ2v) is 5.46. The maximum atomic E-state index is 4.42. The standard InChI is InChI=1S/C15H27N3/c1-6-16-15-14(8-7-9-17-15)11-18(13(4)5)10-12(2)3/h7-9,12-13H,6,10-11H2,1-5H3,(H,16,17). The van der Waals surface area contributed by atoms with Gasteiger partial charge >= 0.3 is 0 Å². The largest absolute Gasteiger partial charge is 0.370 e. The van der Waals surface area contributed by atoms with Gasteiger partial charge in [-0.2, -0.15) is 0 Å². The van der Waals surface area contributed by atoms with Crippen LogP contribution in [0.4, 0.5) is 5.82 Å². The van der Waals surface area contributed by atoms with Crippen LogP contribution in [0.5, 0.6) is 0 Å². The van der Waals surface area contributed by atoms with Crippen LogP contribution in [0.3, 0.4) is 0 Å². The molecule has 1 aromatic heterocycles. The third-order valence-electron chi connectivity index (χ3n) is 2.94. The van der Waals surface area contributed by atoms with E-state index in [2.05, 4.69) is 55.9 Å². The molecule has 0 amide bonds. The lowest BCUT2D eigenvalue weighted by Gasteiger charge is -2.28. The first-order chi connectivity index (χ1) is 8.54. The van der Waals surface area contributed by atoms with Crippen molar-refractivity contribution in [2.45, 2.75) is 47.2 Å². The summed E-state index contributed by atoms with van der Waals surface area (Å²) in [5.74, 6) is 1.71. The first-order valence-electron chi connectivity index (χ1n) is 6.96. The van der Waals surface area contributed by atoms with Crippen molar-refractivity contribution in [1.29, 1.82) is 0 Å². The molecule has 1 heterocycles. The summed E-state index contributed by atoms with van der Waals surface area (Å²) < 4.78 is 0. The van der Waals surface area contributed by atoms with Crippen molar-refractivity contribution < 1.29 is 0 Å². The van der Waals surface area contributed by atoms with Gasteiger partial charge in [-0.3, -0.25) is 4.90 Å². The number of nitrogens with zero attached hydrogens (tertiary/aromatic N) is 2. The van der Waals surface area contributed by atoms with Crippen LogP contribution in [-0.4, -0.2) is 29.0 Å². The molecule has 0 aliphatic heterocycles. The fourth-order valence-corrected chi connectivity index (χ4v) is 2.04. The summed E-state index contributed by atoms with van der Waals surface area (Å²) in [6, 6.07) is 4.74. The second-order valence-electron chi connectivity index (χ2n) is 5.46. The van der Waals surface area contributed by atoms with Gasteiger partial charge in [0.05, 0.1) is 0 Å². The molecule has 3 nitrogen and oxygen atoms in total. The van der Waals surface area contributed by atoms with Crippen LogP contribution in [0.2, 0.25) is 0 Å². The van der Waals surface area contributed by atoms with Gasteiger partial charge in [-0.05, 0) is 32.8 Å². The van der Waals surface area contributed by atoms with Crippen LogP contribution in [0, 0.1) is 5.92 Å². The van der Waals surface area contributed by atoms with Gasteiger partial charge in [-0.15, -0.1) is 0 Å². The summed E-state index contributed by atoms with van der Waals surface area (Å²) in [5, 5.41) is 3.34. The van der Waals surface area contributed by atoms with E-state index in [9.17, 15) is 0 Å². The Hall–Kier alpha value is -1.09. The smallest absolute Gasteiger partial charge is 0.130 e. The minimum absolute atomic E-state index is 0.557. The van der Waals surface area contributed by atoms with Gasteiger partial charge in [0.25, 0.3) is 0 Å². The number of hydrogen-bond donors (Lipinski definition) is 1. The first-order valence-corrected chi connectivity index (χ1v) is 6.96. The minimum Gasteiger partial charge on any atom is -0.370 e. The van der Waals surface area contributed by atoms with Crippen molar-refractivity contribution in [2.24, 2.45) is 5.92 Å². The summed E-state index contributed by atoms with van der Waals surface area (Å²) in [6.07, 6.45) is 1.85. The maximum Gasteiger partial charge on any atom is 0.130 e. The molecule has 18 heavy (non-hydrogen) atoms.